The molecule has 20 heavy (non-hydrogen) atoms. The van der Waals surface area contributed by atoms with Gasteiger partial charge in [-0.15, -0.1) is 0 Å². The molecule has 2 nitrogen and oxygen atoms in total. The highest BCUT2D eigenvalue weighted by atomic mass is 79.9. The minimum absolute atomic E-state index is 0.318. The summed E-state index contributed by atoms with van der Waals surface area (Å²) in [7, 11) is 1.62. The summed E-state index contributed by atoms with van der Waals surface area (Å²) in [5, 5.41) is 0. The number of methoxy groups -OCH3 is 1. The molecule has 106 valence electrons. The van der Waals surface area contributed by atoms with Gasteiger partial charge in [-0.05, 0) is 64.7 Å². The van der Waals surface area contributed by atoms with Gasteiger partial charge in [0, 0.05) is 5.56 Å². The maximum Gasteiger partial charge on any atom is 0.137 e. The molecule has 1 unspecified atom stereocenters. The van der Waals surface area contributed by atoms with E-state index in [1.54, 1.807) is 13.2 Å². The van der Waals surface area contributed by atoms with Crippen LogP contribution in [0.5, 0.6) is 5.75 Å². The van der Waals surface area contributed by atoms with Crippen LogP contribution in [0.25, 0.3) is 0 Å². The molecular weight excluding hydrogens is 321 g/mol. The summed E-state index contributed by atoms with van der Waals surface area (Å²) in [4.78, 5) is 0. The van der Waals surface area contributed by atoms with Gasteiger partial charge in [0.1, 0.15) is 11.6 Å². The lowest BCUT2D eigenvalue weighted by molar-refractivity contribution is 0.407. The van der Waals surface area contributed by atoms with E-state index in [1.807, 2.05) is 32.0 Å². The molecule has 0 fully saturated rings. The third-order valence-electron chi connectivity index (χ3n) is 3.33. The van der Waals surface area contributed by atoms with Crippen LogP contribution in [0.4, 0.5) is 4.39 Å². The van der Waals surface area contributed by atoms with Gasteiger partial charge >= 0.3 is 0 Å². The van der Waals surface area contributed by atoms with E-state index in [-0.39, 0.29) is 5.82 Å². The first-order valence-electron chi connectivity index (χ1n) is 6.29. The number of hydrogen-bond donors (Lipinski definition) is 1. The number of benzene rings is 2. The van der Waals surface area contributed by atoms with Gasteiger partial charge in [-0.25, -0.2) is 4.39 Å². The van der Waals surface area contributed by atoms with Crippen molar-refractivity contribution in [2.45, 2.75) is 19.9 Å². The van der Waals surface area contributed by atoms with Gasteiger partial charge in [0.15, 0.2) is 0 Å². The molecule has 0 aromatic heterocycles. The van der Waals surface area contributed by atoms with E-state index >= 15 is 0 Å². The molecule has 0 aliphatic heterocycles. The summed E-state index contributed by atoms with van der Waals surface area (Å²) in [5.41, 5.74) is 10.1. The van der Waals surface area contributed by atoms with Crippen molar-refractivity contribution in [3.8, 4) is 5.75 Å². The third-order valence-corrected chi connectivity index (χ3v) is 3.97. The summed E-state index contributed by atoms with van der Waals surface area (Å²) < 4.78 is 19.5. The van der Waals surface area contributed by atoms with E-state index in [1.165, 1.54) is 6.07 Å². The predicted molar refractivity (Wildman–Crippen MR) is 82.6 cm³/mol. The Morgan fingerprint density at radius 1 is 1.20 bits per heavy atom. The Balaban J connectivity index is 2.52. The molecule has 4 heteroatoms. The minimum atomic E-state index is -0.423. The number of nitrogens with two attached hydrogens (primary N) is 1. The minimum Gasteiger partial charge on any atom is -0.496 e. The molecule has 0 radical (unpaired) electrons. The average Bonchev–Trinajstić information content (AvgIpc) is 2.40. The first-order chi connectivity index (χ1) is 9.43. The number of ether oxygens (including phenoxy) is 1. The zero-order valence-electron chi connectivity index (χ0n) is 11.7. The van der Waals surface area contributed by atoms with E-state index in [2.05, 4.69) is 15.9 Å². The molecule has 0 amide bonds. The van der Waals surface area contributed by atoms with Crippen LogP contribution in [0.1, 0.15) is 28.3 Å². The average molecular weight is 338 g/mol. The number of halogens is 2. The highest BCUT2D eigenvalue weighted by molar-refractivity contribution is 9.10. The first kappa shape index (κ1) is 15.0. The maximum atomic E-state index is 13.7. The van der Waals surface area contributed by atoms with Crippen molar-refractivity contribution in [3.63, 3.8) is 0 Å². The van der Waals surface area contributed by atoms with Crippen molar-refractivity contribution in [1.82, 2.24) is 0 Å². The Morgan fingerprint density at radius 2 is 1.90 bits per heavy atom. The Morgan fingerprint density at radius 3 is 2.50 bits per heavy atom. The molecule has 0 spiro atoms. The normalized spacial score (nSPS) is 12.3. The lowest BCUT2D eigenvalue weighted by atomic mass is 9.93. The fourth-order valence-electron chi connectivity index (χ4n) is 2.38. The smallest absolute Gasteiger partial charge is 0.137 e. The second-order valence-electron chi connectivity index (χ2n) is 4.85. The lowest BCUT2D eigenvalue weighted by Crippen LogP contribution is -2.15. The molecule has 2 rings (SSSR count). The van der Waals surface area contributed by atoms with E-state index in [4.69, 9.17) is 10.5 Å². The van der Waals surface area contributed by atoms with Gasteiger partial charge in [-0.1, -0.05) is 12.1 Å². The van der Waals surface area contributed by atoms with E-state index < -0.39 is 6.04 Å². The molecule has 2 N–H and O–H groups in total. The Labute approximate surface area is 126 Å². The SMILES string of the molecule is COc1cc(C)cc(C)c1C(N)c1ccc(Br)c(F)c1. The van der Waals surface area contributed by atoms with E-state index in [9.17, 15) is 4.39 Å². The zero-order chi connectivity index (χ0) is 14.9. The fraction of sp³-hybridized carbons (Fsp3) is 0.250. The number of hydrogen-bond acceptors (Lipinski definition) is 2. The molecule has 2 aromatic carbocycles. The van der Waals surface area contributed by atoms with Crippen molar-refractivity contribution in [2.75, 3.05) is 7.11 Å². The van der Waals surface area contributed by atoms with Crippen LogP contribution in [0.15, 0.2) is 34.8 Å². The van der Waals surface area contributed by atoms with E-state index in [0.717, 1.165) is 28.0 Å². The quantitative estimate of drug-likeness (QED) is 0.907. The molecular formula is C16H17BrFNO. The maximum absolute atomic E-state index is 13.7. The summed E-state index contributed by atoms with van der Waals surface area (Å²) in [5.74, 6) is 0.417. The van der Waals surface area contributed by atoms with Crippen LogP contribution in [0.2, 0.25) is 0 Å². The van der Waals surface area contributed by atoms with Crippen molar-refractivity contribution in [1.29, 1.82) is 0 Å². The van der Waals surface area contributed by atoms with Gasteiger partial charge in [0.2, 0.25) is 0 Å². The number of rotatable bonds is 3. The molecule has 1 atom stereocenters. The van der Waals surface area contributed by atoms with Crippen molar-refractivity contribution in [2.24, 2.45) is 5.73 Å². The summed E-state index contributed by atoms with van der Waals surface area (Å²) >= 11 is 3.15. The number of aryl methyl sites for hydroxylation is 2. The van der Waals surface area contributed by atoms with Crippen LogP contribution in [0, 0.1) is 19.7 Å². The fourth-order valence-corrected chi connectivity index (χ4v) is 2.63. The van der Waals surface area contributed by atoms with Crippen LogP contribution in [0.3, 0.4) is 0 Å². The second kappa shape index (κ2) is 5.94. The molecule has 2 aromatic rings. The zero-order valence-corrected chi connectivity index (χ0v) is 13.3. The van der Waals surface area contributed by atoms with Crippen LogP contribution >= 0.6 is 15.9 Å². The standard InChI is InChI=1S/C16H17BrFNO/c1-9-6-10(2)15(14(7-9)20-3)16(19)11-4-5-12(17)13(18)8-11/h4-8,16H,19H2,1-3H3. The topological polar surface area (TPSA) is 35.2 Å². The molecule has 0 aliphatic carbocycles. The highest BCUT2D eigenvalue weighted by Gasteiger charge is 2.18. The summed E-state index contributed by atoms with van der Waals surface area (Å²) in [6.07, 6.45) is 0. The van der Waals surface area contributed by atoms with Gasteiger partial charge in [-0.3, -0.25) is 0 Å². The van der Waals surface area contributed by atoms with Gasteiger partial charge in [-0.2, -0.15) is 0 Å². The summed E-state index contributed by atoms with van der Waals surface area (Å²) in [6, 6.07) is 8.50. The van der Waals surface area contributed by atoms with Gasteiger partial charge in [0.25, 0.3) is 0 Å². The van der Waals surface area contributed by atoms with Gasteiger partial charge in [0.05, 0.1) is 17.6 Å². The van der Waals surface area contributed by atoms with Crippen molar-refractivity contribution < 1.29 is 9.13 Å². The lowest BCUT2D eigenvalue weighted by Gasteiger charge is -2.19. The summed E-state index contributed by atoms with van der Waals surface area (Å²) in [6.45, 7) is 3.99. The van der Waals surface area contributed by atoms with Gasteiger partial charge < -0.3 is 10.5 Å². The predicted octanol–water partition coefficient (Wildman–Crippen LogP) is 4.26. The second-order valence-corrected chi connectivity index (χ2v) is 5.70. The molecule has 0 bridgehead atoms. The largest absolute Gasteiger partial charge is 0.496 e. The van der Waals surface area contributed by atoms with Crippen LogP contribution in [-0.2, 0) is 0 Å². The Kier molecular flexibility index (Phi) is 4.45. The van der Waals surface area contributed by atoms with Crippen LogP contribution < -0.4 is 10.5 Å². The molecule has 0 saturated heterocycles. The van der Waals surface area contributed by atoms with Crippen LogP contribution in [-0.4, -0.2) is 7.11 Å². The van der Waals surface area contributed by atoms with Crippen molar-refractivity contribution in [3.05, 3.63) is 62.9 Å². The monoisotopic (exact) mass is 337 g/mol. The Hall–Kier alpha value is -1.39. The first-order valence-corrected chi connectivity index (χ1v) is 7.09. The van der Waals surface area contributed by atoms with Crippen molar-refractivity contribution >= 4 is 15.9 Å². The molecule has 0 heterocycles. The molecule has 0 aliphatic rings. The third kappa shape index (κ3) is 2.86. The molecule has 0 saturated carbocycles. The Bertz CT molecular complexity index is 643. The highest BCUT2D eigenvalue weighted by Crippen LogP contribution is 2.33. The van der Waals surface area contributed by atoms with E-state index in [0.29, 0.717) is 4.47 Å².